The summed E-state index contributed by atoms with van der Waals surface area (Å²) < 4.78 is 0. The number of carbonyl (C=O) groups excluding carboxylic acids is 1. The van der Waals surface area contributed by atoms with E-state index in [2.05, 4.69) is 15.3 Å². The molecule has 0 unspecified atom stereocenters. The van der Waals surface area contributed by atoms with E-state index in [1.807, 2.05) is 49.4 Å². The second-order valence-electron chi connectivity index (χ2n) is 6.47. The van der Waals surface area contributed by atoms with Gasteiger partial charge in [0, 0.05) is 40.4 Å². The lowest BCUT2D eigenvalue weighted by Gasteiger charge is -2.12. The van der Waals surface area contributed by atoms with Gasteiger partial charge in [-0.3, -0.25) is 9.78 Å². The Kier molecular flexibility index (Phi) is 5.31. The summed E-state index contributed by atoms with van der Waals surface area (Å²) in [5.74, 6) is 0.262. The van der Waals surface area contributed by atoms with Crippen LogP contribution in [0.25, 0.3) is 22.6 Å². The number of halogens is 1. The molecule has 0 bridgehead atoms. The first-order chi connectivity index (χ1) is 14.1. The van der Waals surface area contributed by atoms with Crippen LogP contribution in [0.1, 0.15) is 15.9 Å². The van der Waals surface area contributed by atoms with Crippen molar-refractivity contribution in [1.82, 2.24) is 15.0 Å². The predicted octanol–water partition coefficient (Wildman–Crippen LogP) is 5.42. The Balaban J connectivity index is 1.77. The molecule has 0 spiro atoms. The van der Waals surface area contributed by atoms with Crippen LogP contribution in [-0.4, -0.2) is 20.9 Å². The van der Waals surface area contributed by atoms with E-state index < -0.39 is 0 Å². The molecule has 1 N–H and O–H groups in total. The van der Waals surface area contributed by atoms with Crippen molar-refractivity contribution >= 4 is 23.2 Å². The largest absolute Gasteiger partial charge is 0.322 e. The molecule has 4 aromatic rings. The lowest BCUT2D eigenvalue weighted by atomic mass is 10.1. The van der Waals surface area contributed by atoms with Gasteiger partial charge in [-0.25, -0.2) is 9.97 Å². The van der Waals surface area contributed by atoms with Crippen molar-refractivity contribution in [2.24, 2.45) is 0 Å². The SMILES string of the molecule is Cc1cc(Cl)ccc1NC(=O)c1cnc(-c2ccccc2)nc1-c1ccncc1. The highest BCUT2D eigenvalue weighted by Gasteiger charge is 2.18. The summed E-state index contributed by atoms with van der Waals surface area (Å²) in [4.78, 5) is 26.2. The average Bonchev–Trinajstić information content (AvgIpc) is 2.76. The standard InChI is InChI=1S/C23H17ClN4O/c1-15-13-18(24)7-8-20(15)27-23(29)19-14-26-22(17-5-3-2-4-6-17)28-21(19)16-9-11-25-12-10-16/h2-14H,1H3,(H,27,29). The molecule has 2 heterocycles. The Hall–Kier alpha value is -3.57. The van der Waals surface area contributed by atoms with E-state index >= 15 is 0 Å². The van der Waals surface area contributed by atoms with E-state index in [1.165, 1.54) is 0 Å². The molecule has 2 aromatic heterocycles. The van der Waals surface area contributed by atoms with Crippen LogP contribution in [0.5, 0.6) is 0 Å². The Morgan fingerprint density at radius 1 is 0.966 bits per heavy atom. The van der Waals surface area contributed by atoms with Crippen LogP contribution in [-0.2, 0) is 0 Å². The fourth-order valence-electron chi connectivity index (χ4n) is 2.96. The second-order valence-corrected chi connectivity index (χ2v) is 6.91. The number of amides is 1. The first-order valence-electron chi connectivity index (χ1n) is 9.02. The summed E-state index contributed by atoms with van der Waals surface area (Å²) in [5.41, 5.74) is 4.15. The van der Waals surface area contributed by atoms with Gasteiger partial charge in [-0.15, -0.1) is 0 Å². The van der Waals surface area contributed by atoms with Gasteiger partial charge in [-0.05, 0) is 42.8 Å². The quantitative estimate of drug-likeness (QED) is 0.496. The van der Waals surface area contributed by atoms with Gasteiger partial charge in [0.15, 0.2) is 5.82 Å². The maximum Gasteiger partial charge on any atom is 0.259 e. The Morgan fingerprint density at radius 2 is 1.72 bits per heavy atom. The van der Waals surface area contributed by atoms with Crippen LogP contribution in [0.4, 0.5) is 5.69 Å². The molecule has 142 valence electrons. The van der Waals surface area contributed by atoms with Crippen molar-refractivity contribution in [3.8, 4) is 22.6 Å². The summed E-state index contributed by atoms with van der Waals surface area (Å²) in [5, 5.41) is 3.55. The first-order valence-corrected chi connectivity index (χ1v) is 9.40. The molecule has 5 nitrogen and oxygen atoms in total. The van der Waals surface area contributed by atoms with E-state index in [9.17, 15) is 4.79 Å². The smallest absolute Gasteiger partial charge is 0.259 e. The van der Waals surface area contributed by atoms with Crippen LogP contribution < -0.4 is 5.32 Å². The van der Waals surface area contributed by atoms with Crippen molar-refractivity contribution in [2.45, 2.75) is 6.92 Å². The summed E-state index contributed by atoms with van der Waals surface area (Å²) in [6.07, 6.45) is 4.90. The third kappa shape index (κ3) is 4.15. The van der Waals surface area contributed by atoms with Crippen LogP contribution in [0.15, 0.2) is 79.3 Å². The normalized spacial score (nSPS) is 10.6. The number of hydrogen-bond donors (Lipinski definition) is 1. The minimum atomic E-state index is -0.290. The minimum absolute atomic E-state index is 0.290. The number of hydrogen-bond acceptors (Lipinski definition) is 4. The minimum Gasteiger partial charge on any atom is -0.322 e. The number of aromatic nitrogens is 3. The van der Waals surface area contributed by atoms with Crippen molar-refractivity contribution in [3.05, 3.63) is 95.4 Å². The topological polar surface area (TPSA) is 67.8 Å². The molecule has 0 saturated heterocycles. The Morgan fingerprint density at radius 3 is 2.45 bits per heavy atom. The third-order valence-electron chi connectivity index (χ3n) is 4.46. The average molecular weight is 401 g/mol. The maximum atomic E-state index is 13.1. The van der Waals surface area contributed by atoms with Gasteiger partial charge < -0.3 is 5.32 Å². The predicted molar refractivity (Wildman–Crippen MR) is 115 cm³/mol. The van der Waals surface area contributed by atoms with Crippen molar-refractivity contribution < 1.29 is 4.79 Å². The number of anilines is 1. The summed E-state index contributed by atoms with van der Waals surface area (Å²) in [6.45, 7) is 1.89. The summed E-state index contributed by atoms with van der Waals surface area (Å²) in [7, 11) is 0. The van der Waals surface area contributed by atoms with Crippen molar-refractivity contribution in [1.29, 1.82) is 0 Å². The molecule has 0 aliphatic heterocycles. The molecule has 0 saturated carbocycles. The van der Waals surface area contributed by atoms with Gasteiger partial charge in [0.25, 0.3) is 5.91 Å². The van der Waals surface area contributed by atoms with Gasteiger partial charge in [0.2, 0.25) is 0 Å². The van der Waals surface area contributed by atoms with Crippen LogP contribution in [0.2, 0.25) is 5.02 Å². The van der Waals surface area contributed by atoms with Gasteiger partial charge in [-0.1, -0.05) is 41.9 Å². The first kappa shape index (κ1) is 18.8. The van der Waals surface area contributed by atoms with Crippen molar-refractivity contribution in [3.63, 3.8) is 0 Å². The molecular weight excluding hydrogens is 384 g/mol. The number of nitrogens with zero attached hydrogens (tertiary/aromatic N) is 3. The van der Waals surface area contributed by atoms with Gasteiger partial charge in [0.1, 0.15) is 0 Å². The highest BCUT2D eigenvalue weighted by molar-refractivity contribution is 6.30. The fraction of sp³-hybridized carbons (Fsp3) is 0.0435. The van der Waals surface area contributed by atoms with Crippen molar-refractivity contribution in [2.75, 3.05) is 5.32 Å². The van der Waals surface area contributed by atoms with E-state index in [0.29, 0.717) is 27.8 Å². The number of carbonyl (C=O) groups is 1. The van der Waals surface area contributed by atoms with Gasteiger partial charge >= 0.3 is 0 Å². The number of aryl methyl sites for hydroxylation is 1. The third-order valence-corrected chi connectivity index (χ3v) is 4.69. The zero-order valence-electron chi connectivity index (χ0n) is 15.6. The zero-order chi connectivity index (χ0) is 20.2. The van der Waals surface area contributed by atoms with Crippen LogP contribution in [0, 0.1) is 6.92 Å². The van der Waals surface area contributed by atoms with E-state index in [4.69, 9.17) is 16.6 Å². The fourth-order valence-corrected chi connectivity index (χ4v) is 3.19. The molecule has 0 fully saturated rings. The molecule has 0 aliphatic rings. The van der Waals surface area contributed by atoms with E-state index in [0.717, 1.165) is 16.7 Å². The van der Waals surface area contributed by atoms with Crippen LogP contribution >= 0.6 is 11.6 Å². The zero-order valence-corrected chi connectivity index (χ0v) is 16.4. The maximum absolute atomic E-state index is 13.1. The summed E-state index contributed by atoms with van der Waals surface area (Å²) in [6, 6.07) is 18.6. The summed E-state index contributed by atoms with van der Waals surface area (Å²) >= 11 is 6.01. The molecule has 29 heavy (non-hydrogen) atoms. The molecule has 0 atom stereocenters. The van der Waals surface area contributed by atoms with Crippen LogP contribution in [0.3, 0.4) is 0 Å². The lowest BCUT2D eigenvalue weighted by molar-refractivity contribution is 0.102. The molecule has 6 heteroatoms. The second kappa shape index (κ2) is 8.20. The molecular formula is C23H17ClN4O. The van der Waals surface area contributed by atoms with Gasteiger partial charge in [0.05, 0.1) is 11.3 Å². The lowest BCUT2D eigenvalue weighted by Crippen LogP contribution is -2.15. The highest BCUT2D eigenvalue weighted by Crippen LogP contribution is 2.26. The van der Waals surface area contributed by atoms with Gasteiger partial charge in [-0.2, -0.15) is 0 Å². The molecule has 0 radical (unpaired) electrons. The Bertz CT molecular complexity index is 1160. The number of rotatable bonds is 4. The number of nitrogens with one attached hydrogen (secondary N) is 1. The van der Waals surface area contributed by atoms with E-state index in [-0.39, 0.29) is 5.91 Å². The number of pyridine rings is 1. The molecule has 4 rings (SSSR count). The molecule has 2 aromatic carbocycles. The molecule has 1 amide bonds. The highest BCUT2D eigenvalue weighted by atomic mass is 35.5. The monoisotopic (exact) mass is 400 g/mol. The Labute approximate surface area is 173 Å². The number of benzene rings is 2. The van der Waals surface area contributed by atoms with E-state index in [1.54, 1.807) is 36.8 Å². The molecule has 0 aliphatic carbocycles.